The van der Waals surface area contributed by atoms with Crippen molar-refractivity contribution in [3.05, 3.63) is 28.5 Å². The molecule has 0 bridgehead atoms. The van der Waals surface area contributed by atoms with E-state index in [2.05, 4.69) is 4.98 Å². The molecule has 0 aliphatic carbocycles. The smallest absolute Gasteiger partial charge is 0.370 e. The first-order valence-corrected chi connectivity index (χ1v) is 4.68. The standard InChI is InChI=1S/C9H8ClF3N2O/c10-6-3-5(9(11,12)13)4-15-7(6)1-2-8(14)16/h3-4H,1-2H2,(H2,14,16). The quantitative estimate of drug-likeness (QED) is 0.896. The molecule has 0 fully saturated rings. The molecule has 3 nitrogen and oxygen atoms in total. The van der Waals surface area contributed by atoms with Crippen LogP contribution in [-0.4, -0.2) is 10.9 Å². The lowest BCUT2D eigenvalue weighted by atomic mass is 10.2. The van der Waals surface area contributed by atoms with Crippen LogP contribution in [0.5, 0.6) is 0 Å². The Bertz CT molecular complexity index is 406. The summed E-state index contributed by atoms with van der Waals surface area (Å²) in [5.41, 5.74) is 4.21. The molecule has 0 atom stereocenters. The topological polar surface area (TPSA) is 56.0 Å². The summed E-state index contributed by atoms with van der Waals surface area (Å²) in [5, 5.41) is -0.115. The minimum Gasteiger partial charge on any atom is -0.370 e. The van der Waals surface area contributed by atoms with Crippen LogP contribution in [0.25, 0.3) is 0 Å². The molecule has 16 heavy (non-hydrogen) atoms. The Hall–Kier alpha value is -1.30. The first-order chi connectivity index (χ1) is 7.30. The normalized spacial score (nSPS) is 11.5. The molecular formula is C9H8ClF3N2O. The molecule has 0 saturated heterocycles. The lowest BCUT2D eigenvalue weighted by molar-refractivity contribution is -0.137. The van der Waals surface area contributed by atoms with Crippen LogP contribution in [0.15, 0.2) is 12.3 Å². The van der Waals surface area contributed by atoms with Gasteiger partial charge in [-0.25, -0.2) is 0 Å². The van der Waals surface area contributed by atoms with E-state index in [0.717, 1.165) is 6.07 Å². The minimum absolute atomic E-state index is 0.00190. The van der Waals surface area contributed by atoms with Crippen LogP contribution in [-0.2, 0) is 17.4 Å². The third-order valence-electron chi connectivity index (χ3n) is 1.85. The highest BCUT2D eigenvalue weighted by molar-refractivity contribution is 6.31. The van der Waals surface area contributed by atoms with E-state index in [1.54, 1.807) is 0 Å². The van der Waals surface area contributed by atoms with Crippen LogP contribution < -0.4 is 5.73 Å². The van der Waals surface area contributed by atoms with Gasteiger partial charge in [-0.1, -0.05) is 11.6 Å². The van der Waals surface area contributed by atoms with Crippen molar-refractivity contribution in [2.24, 2.45) is 5.73 Å². The maximum Gasteiger partial charge on any atom is 0.417 e. The first-order valence-electron chi connectivity index (χ1n) is 4.30. The second-order valence-electron chi connectivity index (χ2n) is 3.12. The highest BCUT2D eigenvalue weighted by atomic mass is 35.5. The maximum atomic E-state index is 12.2. The molecule has 88 valence electrons. The Labute approximate surface area is 94.4 Å². The molecule has 0 aromatic carbocycles. The van der Waals surface area contributed by atoms with Crippen LogP contribution >= 0.6 is 11.6 Å². The number of carbonyl (C=O) groups excluding carboxylic acids is 1. The lowest BCUT2D eigenvalue weighted by Crippen LogP contribution is -2.12. The zero-order valence-electron chi connectivity index (χ0n) is 8.01. The third kappa shape index (κ3) is 3.37. The monoisotopic (exact) mass is 252 g/mol. The van der Waals surface area contributed by atoms with Gasteiger partial charge < -0.3 is 5.73 Å². The number of hydrogen-bond donors (Lipinski definition) is 1. The van der Waals surface area contributed by atoms with Crippen molar-refractivity contribution in [2.75, 3.05) is 0 Å². The molecule has 0 saturated carbocycles. The van der Waals surface area contributed by atoms with Crippen molar-refractivity contribution < 1.29 is 18.0 Å². The second-order valence-corrected chi connectivity index (χ2v) is 3.52. The number of halogens is 4. The maximum absolute atomic E-state index is 12.2. The van der Waals surface area contributed by atoms with Gasteiger partial charge in [0.2, 0.25) is 5.91 Å². The predicted octanol–water partition coefficient (Wildman–Crippen LogP) is 2.17. The second kappa shape index (κ2) is 4.69. The Morgan fingerprint density at radius 2 is 2.12 bits per heavy atom. The molecule has 0 unspecified atom stereocenters. The SMILES string of the molecule is NC(=O)CCc1ncc(C(F)(F)F)cc1Cl. The number of carbonyl (C=O) groups is 1. The zero-order valence-corrected chi connectivity index (χ0v) is 8.77. The summed E-state index contributed by atoms with van der Waals surface area (Å²) in [6.45, 7) is 0. The van der Waals surface area contributed by atoms with Crippen molar-refractivity contribution in [3.63, 3.8) is 0 Å². The molecule has 0 aliphatic heterocycles. The summed E-state index contributed by atoms with van der Waals surface area (Å²) in [4.78, 5) is 14.0. The number of primary amides is 1. The van der Waals surface area contributed by atoms with Crippen molar-refractivity contribution in [1.82, 2.24) is 4.98 Å². The Kier molecular flexibility index (Phi) is 3.74. The minimum atomic E-state index is -4.47. The largest absolute Gasteiger partial charge is 0.417 e. The van der Waals surface area contributed by atoms with Crippen molar-refractivity contribution in [1.29, 1.82) is 0 Å². The summed E-state index contributed by atoms with van der Waals surface area (Å²) < 4.78 is 36.7. The predicted molar refractivity (Wildman–Crippen MR) is 51.8 cm³/mol. The van der Waals surface area contributed by atoms with E-state index in [1.165, 1.54) is 0 Å². The van der Waals surface area contributed by atoms with Crippen LogP contribution in [0.3, 0.4) is 0 Å². The van der Waals surface area contributed by atoms with E-state index in [1.807, 2.05) is 0 Å². The number of amides is 1. The molecule has 7 heteroatoms. The number of aromatic nitrogens is 1. The summed E-state index contributed by atoms with van der Waals surface area (Å²) in [6.07, 6.45) is -3.66. The van der Waals surface area contributed by atoms with Crippen molar-refractivity contribution in [3.8, 4) is 0 Å². The molecule has 0 radical (unpaired) electrons. The fraction of sp³-hybridized carbons (Fsp3) is 0.333. The van der Waals surface area contributed by atoms with Crippen LogP contribution in [0, 0.1) is 0 Å². The van der Waals surface area contributed by atoms with E-state index in [-0.39, 0.29) is 23.6 Å². The van der Waals surface area contributed by atoms with Gasteiger partial charge in [-0.2, -0.15) is 13.2 Å². The molecule has 1 rings (SSSR count). The van der Waals surface area contributed by atoms with E-state index in [4.69, 9.17) is 17.3 Å². The highest BCUT2D eigenvalue weighted by Gasteiger charge is 2.31. The van der Waals surface area contributed by atoms with Gasteiger partial charge >= 0.3 is 6.18 Å². The highest BCUT2D eigenvalue weighted by Crippen LogP contribution is 2.31. The van der Waals surface area contributed by atoms with E-state index in [9.17, 15) is 18.0 Å². The van der Waals surface area contributed by atoms with E-state index in [0.29, 0.717) is 6.20 Å². The van der Waals surface area contributed by atoms with Crippen molar-refractivity contribution in [2.45, 2.75) is 19.0 Å². The van der Waals surface area contributed by atoms with Gasteiger partial charge in [0.25, 0.3) is 0 Å². The third-order valence-corrected chi connectivity index (χ3v) is 2.18. The van der Waals surface area contributed by atoms with Gasteiger partial charge in [-0.15, -0.1) is 0 Å². The summed E-state index contributed by atoms with van der Waals surface area (Å²) in [5.74, 6) is -0.558. The summed E-state index contributed by atoms with van der Waals surface area (Å²) >= 11 is 5.60. The number of nitrogens with two attached hydrogens (primary N) is 1. The number of hydrogen-bond acceptors (Lipinski definition) is 2. The Morgan fingerprint density at radius 3 is 2.56 bits per heavy atom. The Morgan fingerprint density at radius 1 is 1.50 bits per heavy atom. The number of nitrogens with zero attached hydrogens (tertiary/aromatic N) is 1. The first kappa shape index (κ1) is 12.8. The molecule has 0 spiro atoms. The van der Waals surface area contributed by atoms with Gasteiger partial charge in [-0.05, 0) is 12.5 Å². The van der Waals surface area contributed by atoms with Gasteiger partial charge in [0.1, 0.15) is 0 Å². The van der Waals surface area contributed by atoms with E-state index >= 15 is 0 Å². The fourth-order valence-corrected chi connectivity index (χ4v) is 1.31. The number of alkyl halides is 3. The number of pyridine rings is 1. The molecule has 1 aromatic heterocycles. The number of aryl methyl sites for hydroxylation is 1. The summed E-state index contributed by atoms with van der Waals surface area (Å²) in [6, 6.07) is 0.783. The van der Waals surface area contributed by atoms with Crippen LogP contribution in [0.1, 0.15) is 17.7 Å². The fourth-order valence-electron chi connectivity index (χ4n) is 1.05. The number of rotatable bonds is 3. The van der Waals surface area contributed by atoms with Gasteiger partial charge in [0, 0.05) is 12.6 Å². The van der Waals surface area contributed by atoms with Crippen LogP contribution in [0.4, 0.5) is 13.2 Å². The van der Waals surface area contributed by atoms with Gasteiger partial charge in [0.15, 0.2) is 0 Å². The molecule has 1 amide bonds. The molecule has 1 heterocycles. The average Bonchev–Trinajstić information content (AvgIpc) is 2.14. The average molecular weight is 253 g/mol. The van der Waals surface area contributed by atoms with Crippen molar-refractivity contribution >= 4 is 17.5 Å². The molecule has 0 aliphatic rings. The molecular weight excluding hydrogens is 245 g/mol. The summed E-state index contributed by atoms with van der Waals surface area (Å²) in [7, 11) is 0. The lowest BCUT2D eigenvalue weighted by Gasteiger charge is -2.08. The van der Waals surface area contributed by atoms with Gasteiger partial charge in [0.05, 0.1) is 16.3 Å². The zero-order chi connectivity index (χ0) is 12.3. The van der Waals surface area contributed by atoms with E-state index < -0.39 is 17.6 Å². The van der Waals surface area contributed by atoms with Crippen LogP contribution in [0.2, 0.25) is 5.02 Å². The Balaban J connectivity index is 2.88. The molecule has 2 N–H and O–H groups in total. The molecule has 1 aromatic rings. The van der Waals surface area contributed by atoms with Gasteiger partial charge in [-0.3, -0.25) is 9.78 Å².